The maximum Gasteiger partial charge on any atom is 0.435 e. The molecule has 0 saturated carbocycles. The van der Waals surface area contributed by atoms with Gasteiger partial charge in [0.2, 0.25) is 5.88 Å². The second kappa shape index (κ2) is 8.57. The lowest BCUT2D eigenvalue weighted by Crippen LogP contribution is -2.13. The third-order valence-corrected chi connectivity index (χ3v) is 6.37. The van der Waals surface area contributed by atoms with Gasteiger partial charge in [-0.15, -0.1) is 11.3 Å². The predicted molar refractivity (Wildman–Crippen MR) is 113 cm³/mol. The largest absolute Gasteiger partial charge is 0.438 e. The van der Waals surface area contributed by atoms with E-state index in [2.05, 4.69) is 14.8 Å². The highest BCUT2D eigenvalue weighted by atomic mass is 32.2. The molecule has 0 aliphatic heterocycles. The number of alkyl halides is 3. The van der Waals surface area contributed by atoms with E-state index >= 15 is 0 Å². The van der Waals surface area contributed by atoms with E-state index in [1.807, 2.05) is 0 Å². The summed E-state index contributed by atoms with van der Waals surface area (Å²) in [4.78, 5) is 3.60. The summed E-state index contributed by atoms with van der Waals surface area (Å²) in [5, 5.41) is 14.8. The quantitative estimate of drug-likeness (QED) is 0.414. The van der Waals surface area contributed by atoms with E-state index in [1.165, 1.54) is 30.5 Å². The lowest BCUT2D eigenvalue weighted by molar-refractivity contribution is -0.141. The van der Waals surface area contributed by atoms with E-state index in [9.17, 15) is 26.9 Å². The Hall–Kier alpha value is -3.89. The summed E-state index contributed by atoms with van der Waals surface area (Å²) in [5.41, 5.74) is -1.09. The zero-order valence-corrected chi connectivity index (χ0v) is 17.9. The first-order valence-electron chi connectivity index (χ1n) is 9.04. The van der Waals surface area contributed by atoms with Crippen molar-refractivity contribution in [2.75, 3.05) is 4.72 Å². The summed E-state index contributed by atoms with van der Waals surface area (Å²) in [5.74, 6) is -0.446. The molecule has 4 aromatic rings. The molecule has 0 fully saturated rings. The number of nitrogens with zero attached hydrogens (tertiary/aromatic N) is 4. The van der Waals surface area contributed by atoms with Gasteiger partial charge in [-0.2, -0.15) is 23.5 Å². The molecule has 2 aromatic carbocycles. The average molecular weight is 491 g/mol. The Balaban J connectivity index is 1.71. The molecule has 0 atom stereocenters. The topological polar surface area (TPSA) is 110 Å². The van der Waals surface area contributed by atoms with Crippen LogP contribution in [0.15, 0.2) is 71.1 Å². The molecular formula is C20H12F3N5O3S2. The van der Waals surface area contributed by atoms with Crippen molar-refractivity contribution in [2.24, 2.45) is 0 Å². The van der Waals surface area contributed by atoms with E-state index in [-0.39, 0.29) is 27.2 Å². The van der Waals surface area contributed by atoms with Crippen LogP contribution in [0.3, 0.4) is 0 Å². The van der Waals surface area contributed by atoms with Gasteiger partial charge in [0.1, 0.15) is 11.8 Å². The van der Waals surface area contributed by atoms with Gasteiger partial charge in [-0.25, -0.2) is 18.1 Å². The SMILES string of the molecule is N#Cc1cc(S(=O)(=O)Nc2nccs2)ccc1Oc1cc(C(F)(F)F)nn1-c1ccccc1. The minimum Gasteiger partial charge on any atom is -0.438 e. The zero-order chi connectivity index (χ0) is 23.6. The Bertz CT molecular complexity index is 1430. The number of benzene rings is 2. The van der Waals surface area contributed by atoms with Crippen LogP contribution in [0.2, 0.25) is 0 Å². The highest BCUT2D eigenvalue weighted by Gasteiger charge is 2.36. The molecule has 0 radical (unpaired) electrons. The van der Waals surface area contributed by atoms with Crippen molar-refractivity contribution in [3.8, 4) is 23.4 Å². The van der Waals surface area contributed by atoms with Crippen LogP contribution in [0.5, 0.6) is 11.6 Å². The number of para-hydroxylation sites is 1. The van der Waals surface area contributed by atoms with Crippen molar-refractivity contribution < 1.29 is 26.3 Å². The number of nitrogens with one attached hydrogen (secondary N) is 1. The number of hydrogen-bond acceptors (Lipinski definition) is 7. The maximum absolute atomic E-state index is 13.3. The van der Waals surface area contributed by atoms with Gasteiger partial charge in [-0.05, 0) is 30.3 Å². The molecule has 8 nitrogen and oxygen atoms in total. The van der Waals surface area contributed by atoms with Crippen LogP contribution in [0.1, 0.15) is 11.3 Å². The van der Waals surface area contributed by atoms with Gasteiger partial charge in [0.15, 0.2) is 10.8 Å². The van der Waals surface area contributed by atoms with Crippen molar-refractivity contribution in [2.45, 2.75) is 11.1 Å². The molecule has 0 bridgehead atoms. The maximum atomic E-state index is 13.3. The van der Waals surface area contributed by atoms with Crippen LogP contribution >= 0.6 is 11.3 Å². The van der Waals surface area contributed by atoms with Gasteiger partial charge >= 0.3 is 6.18 Å². The Morgan fingerprint density at radius 1 is 1.12 bits per heavy atom. The number of halogens is 3. The summed E-state index contributed by atoms with van der Waals surface area (Å²) >= 11 is 1.07. The molecule has 13 heteroatoms. The number of aromatic nitrogens is 3. The molecule has 0 unspecified atom stereocenters. The van der Waals surface area contributed by atoms with Crippen LogP contribution in [0.4, 0.5) is 18.3 Å². The van der Waals surface area contributed by atoms with Crippen molar-refractivity contribution in [3.05, 3.63) is 77.4 Å². The predicted octanol–water partition coefficient (Wildman–Crippen LogP) is 4.81. The molecule has 0 saturated heterocycles. The van der Waals surface area contributed by atoms with Crippen LogP contribution in [0.25, 0.3) is 5.69 Å². The molecule has 2 heterocycles. The van der Waals surface area contributed by atoms with Gasteiger partial charge in [0.05, 0.1) is 16.1 Å². The summed E-state index contributed by atoms with van der Waals surface area (Å²) in [6.07, 6.45) is -3.30. The van der Waals surface area contributed by atoms with Crippen LogP contribution in [-0.2, 0) is 16.2 Å². The van der Waals surface area contributed by atoms with Gasteiger partial charge in [0.25, 0.3) is 10.0 Å². The van der Waals surface area contributed by atoms with E-state index in [0.29, 0.717) is 11.8 Å². The lowest BCUT2D eigenvalue weighted by Gasteiger charge is -2.11. The third-order valence-electron chi connectivity index (χ3n) is 4.22. The number of rotatable bonds is 6. The molecule has 168 valence electrons. The molecular weight excluding hydrogens is 479 g/mol. The number of anilines is 1. The van der Waals surface area contributed by atoms with Crippen molar-refractivity contribution in [1.29, 1.82) is 5.26 Å². The Morgan fingerprint density at radius 2 is 1.88 bits per heavy atom. The molecule has 0 amide bonds. The van der Waals surface area contributed by atoms with E-state index < -0.39 is 21.9 Å². The molecule has 33 heavy (non-hydrogen) atoms. The van der Waals surface area contributed by atoms with Crippen molar-refractivity contribution in [1.82, 2.24) is 14.8 Å². The molecule has 0 aliphatic carbocycles. The summed E-state index contributed by atoms with van der Waals surface area (Å²) in [7, 11) is -4.05. The normalized spacial score (nSPS) is 11.7. The molecule has 0 aliphatic rings. The highest BCUT2D eigenvalue weighted by molar-refractivity contribution is 7.93. The highest BCUT2D eigenvalue weighted by Crippen LogP contribution is 2.35. The number of sulfonamides is 1. The molecule has 2 aromatic heterocycles. The van der Waals surface area contributed by atoms with Crippen molar-refractivity contribution in [3.63, 3.8) is 0 Å². The monoisotopic (exact) mass is 491 g/mol. The van der Waals surface area contributed by atoms with Gasteiger partial charge in [-0.3, -0.25) is 4.72 Å². The smallest absolute Gasteiger partial charge is 0.435 e. The fraction of sp³-hybridized carbons (Fsp3) is 0.0500. The number of nitriles is 1. The first kappa shape index (κ1) is 22.3. The van der Waals surface area contributed by atoms with Crippen LogP contribution in [0, 0.1) is 11.3 Å². The fourth-order valence-electron chi connectivity index (χ4n) is 2.74. The fourth-order valence-corrected chi connectivity index (χ4v) is 4.56. The van der Waals surface area contributed by atoms with Gasteiger partial charge < -0.3 is 4.74 Å². The number of hydrogen-bond donors (Lipinski definition) is 1. The van der Waals surface area contributed by atoms with Crippen LogP contribution < -0.4 is 9.46 Å². The molecule has 0 spiro atoms. The second-order valence-electron chi connectivity index (χ2n) is 6.43. The Labute approximate surface area is 189 Å². The Kier molecular flexibility index (Phi) is 5.79. The number of thiazole rings is 1. The molecule has 1 N–H and O–H groups in total. The minimum atomic E-state index is -4.73. The lowest BCUT2D eigenvalue weighted by atomic mass is 10.2. The zero-order valence-electron chi connectivity index (χ0n) is 16.3. The van der Waals surface area contributed by atoms with Gasteiger partial charge in [0, 0.05) is 17.6 Å². The first-order chi connectivity index (χ1) is 15.7. The third kappa shape index (κ3) is 4.81. The van der Waals surface area contributed by atoms with E-state index in [1.54, 1.807) is 29.6 Å². The van der Waals surface area contributed by atoms with Crippen molar-refractivity contribution >= 4 is 26.5 Å². The number of ether oxygens (including phenoxy) is 1. The minimum absolute atomic E-state index is 0.139. The van der Waals surface area contributed by atoms with E-state index in [0.717, 1.165) is 22.1 Å². The summed E-state index contributed by atoms with van der Waals surface area (Å²) < 4.78 is 73.7. The van der Waals surface area contributed by atoms with Crippen LogP contribution in [-0.4, -0.2) is 23.2 Å². The van der Waals surface area contributed by atoms with Gasteiger partial charge in [-0.1, -0.05) is 18.2 Å². The first-order valence-corrected chi connectivity index (χ1v) is 11.4. The summed E-state index contributed by atoms with van der Waals surface area (Å²) in [6, 6.07) is 13.9. The summed E-state index contributed by atoms with van der Waals surface area (Å²) in [6.45, 7) is 0. The Morgan fingerprint density at radius 3 is 2.52 bits per heavy atom. The standard InChI is InChI=1S/C20H12F3N5O3S2/c21-20(22,23)17-11-18(28(26-17)14-4-2-1-3-5-14)31-16-7-6-15(10-13(16)12-24)33(29,30)27-19-25-8-9-32-19/h1-11H,(H,25,27). The molecule has 4 rings (SSSR count). The van der Waals surface area contributed by atoms with E-state index in [4.69, 9.17) is 4.74 Å². The average Bonchev–Trinajstić information content (AvgIpc) is 3.44. The second-order valence-corrected chi connectivity index (χ2v) is 9.00.